The van der Waals surface area contributed by atoms with Crippen molar-refractivity contribution in [1.29, 1.82) is 0 Å². The van der Waals surface area contributed by atoms with Gasteiger partial charge in [0.2, 0.25) is 0 Å². The Morgan fingerprint density at radius 3 is 2.74 bits per heavy atom. The largest absolute Gasteiger partial charge is 0.290 e. The highest BCUT2D eigenvalue weighted by atomic mass is 16.2. The van der Waals surface area contributed by atoms with Crippen LogP contribution in [0, 0.1) is 6.92 Å². The fourth-order valence-electron chi connectivity index (χ4n) is 3.73. The number of aryl methyl sites for hydroxylation is 1. The molecule has 6 nitrogen and oxygen atoms in total. The molecule has 2 aromatic heterocycles. The van der Waals surface area contributed by atoms with Crippen molar-refractivity contribution in [3.8, 4) is 5.69 Å². The van der Waals surface area contributed by atoms with Crippen molar-refractivity contribution in [3.05, 3.63) is 77.4 Å². The van der Waals surface area contributed by atoms with E-state index in [-0.39, 0.29) is 5.91 Å². The second kappa shape index (κ2) is 6.09. The minimum atomic E-state index is -0.206. The van der Waals surface area contributed by atoms with Crippen LogP contribution in [0.1, 0.15) is 33.7 Å². The average Bonchev–Trinajstić information content (AvgIpc) is 3.38. The maximum Gasteiger partial charge on any atom is 0.290 e. The molecule has 1 aliphatic rings. The van der Waals surface area contributed by atoms with Gasteiger partial charge in [0.25, 0.3) is 5.91 Å². The highest BCUT2D eigenvalue weighted by Crippen LogP contribution is 2.28. The number of hydrogen-bond acceptors (Lipinski definition) is 3. The van der Waals surface area contributed by atoms with Crippen LogP contribution in [0.25, 0.3) is 16.7 Å². The number of nitrogens with one attached hydrogen (secondary N) is 1. The number of carbonyl (C=O) groups excluding carboxylic acids is 1. The number of rotatable bonds is 3. The lowest BCUT2D eigenvalue weighted by Crippen LogP contribution is -2.23. The van der Waals surface area contributed by atoms with E-state index in [0.717, 1.165) is 47.2 Å². The lowest BCUT2D eigenvalue weighted by atomic mass is 10.2. The number of para-hydroxylation sites is 2. The van der Waals surface area contributed by atoms with E-state index in [1.807, 2.05) is 41.1 Å². The van der Waals surface area contributed by atoms with E-state index in [1.54, 1.807) is 11.0 Å². The van der Waals surface area contributed by atoms with Crippen LogP contribution in [-0.2, 0) is 12.8 Å². The van der Waals surface area contributed by atoms with E-state index in [1.165, 1.54) is 5.56 Å². The number of fused-ring (bicyclic) bond motifs is 2. The molecule has 0 fully saturated rings. The standard InChI is InChI=1S/C21H19N5O/c1-14-9-11-15(12-10-14)26-18-8-4-5-16(18)20(23-26)21(27)24-25-13-22-17-6-2-3-7-19(17)25/h2-3,6-7,9-13H,4-5,8H2,1H3,(H,24,27). The fraction of sp³-hybridized carbons (Fsp3) is 0.190. The Balaban J connectivity index is 1.52. The van der Waals surface area contributed by atoms with Crippen LogP contribution >= 0.6 is 0 Å². The normalized spacial score (nSPS) is 13.1. The zero-order valence-electron chi connectivity index (χ0n) is 15.0. The number of hydrogen-bond donors (Lipinski definition) is 1. The molecule has 1 N–H and O–H groups in total. The Morgan fingerprint density at radius 2 is 1.89 bits per heavy atom. The first kappa shape index (κ1) is 15.8. The maximum absolute atomic E-state index is 13.0. The Labute approximate surface area is 156 Å². The molecule has 134 valence electrons. The van der Waals surface area contributed by atoms with Gasteiger partial charge < -0.3 is 0 Å². The summed E-state index contributed by atoms with van der Waals surface area (Å²) in [5, 5.41) is 4.66. The van der Waals surface area contributed by atoms with Gasteiger partial charge in [-0.05, 0) is 50.5 Å². The molecule has 2 heterocycles. The minimum Gasteiger partial charge on any atom is -0.266 e. The number of nitrogens with zero attached hydrogens (tertiary/aromatic N) is 4. The number of benzene rings is 2. The van der Waals surface area contributed by atoms with Crippen LogP contribution in [0.2, 0.25) is 0 Å². The van der Waals surface area contributed by atoms with Crippen molar-refractivity contribution in [3.63, 3.8) is 0 Å². The van der Waals surface area contributed by atoms with Gasteiger partial charge >= 0.3 is 0 Å². The second-order valence-corrected chi connectivity index (χ2v) is 6.92. The third-order valence-electron chi connectivity index (χ3n) is 5.10. The van der Waals surface area contributed by atoms with Gasteiger partial charge in [-0.25, -0.2) is 14.3 Å². The van der Waals surface area contributed by atoms with Crippen LogP contribution in [0.3, 0.4) is 0 Å². The lowest BCUT2D eigenvalue weighted by Gasteiger charge is -2.07. The van der Waals surface area contributed by atoms with Crippen LogP contribution in [0.5, 0.6) is 0 Å². The summed E-state index contributed by atoms with van der Waals surface area (Å²) >= 11 is 0. The average molecular weight is 357 g/mol. The summed E-state index contributed by atoms with van der Waals surface area (Å²) in [6.07, 6.45) is 4.50. The molecule has 0 saturated heterocycles. The molecular weight excluding hydrogens is 338 g/mol. The third kappa shape index (κ3) is 2.61. The third-order valence-corrected chi connectivity index (χ3v) is 5.10. The summed E-state index contributed by atoms with van der Waals surface area (Å²) in [6, 6.07) is 15.9. The van der Waals surface area contributed by atoms with Crippen molar-refractivity contribution in [2.75, 3.05) is 5.43 Å². The minimum absolute atomic E-state index is 0.206. The molecule has 4 aromatic rings. The van der Waals surface area contributed by atoms with E-state index < -0.39 is 0 Å². The van der Waals surface area contributed by atoms with Crippen molar-refractivity contribution in [2.45, 2.75) is 26.2 Å². The van der Waals surface area contributed by atoms with Crippen LogP contribution in [0.4, 0.5) is 0 Å². The first-order valence-electron chi connectivity index (χ1n) is 9.12. The van der Waals surface area contributed by atoms with Gasteiger partial charge in [0.15, 0.2) is 5.69 Å². The smallest absolute Gasteiger partial charge is 0.266 e. The predicted molar refractivity (Wildman–Crippen MR) is 104 cm³/mol. The van der Waals surface area contributed by atoms with Crippen molar-refractivity contribution >= 4 is 16.9 Å². The van der Waals surface area contributed by atoms with Gasteiger partial charge in [-0.3, -0.25) is 10.2 Å². The predicted octanol–water partition coefficient (Wildman–Crippen LogP) is 3.40. The van der Waals surface area contributed by atoms with Crippen molar-refractivity contribution in [2.24, 2.45) is 0 Å². The summed E-state index contributed by atoms with van der Waals surface area (Å²) in [4.78, 5) is 17.3. The molecule has 1 aliphatic carbocycles. The van der Waals surface area contributed by atoms with Crippen molar-refractivity contribution < 1.29 is 4.79 Å². The Morgan fingerprint density at radius 1 is 1.07 bits per heavy atom. The number of carbonyl (C=O) groups is 1. The molecule has 0 atom stereocenters. The molecule has 27 heavy (non-hydrogen) atoms. The molecule has 0 unspecified atom stereocenters. The van der Waals surface area contributed by atoms with Gasteiger partial charge in [-0.2, -0.15) is 5.10 Å². The van der Waals surface area contributed by atoms with Gasteiger partial charge in [0, 0.05) is 11.3 Å². The van der Waals surface area contributed by atoms with Gasteiger partial charge in [-0.15, -0.1) is 0 Å². The summed E-state index contributed by atoms with van der Waals surface area (Å²) in [6.45, 7) is 2.06. The van der Waals surface area contributed by atoms with Gasteiger partial charge in [0.1, 0.15) is 6.33 Å². The fourth-order valence-corrected chi connectivity index (χ4v) is 3.73. The van der Waals surface area contributed by atoms with Crippen molar-refractivity contribution in [1.82, 2.24) is 19.4 Å². The molecule has 1 amide bonds. The van der Waals surface area contributed by atoms with E-state index in [4.69, 9.17) is 0 Å². The first-order chi connectivity index (χ1) is 13.2. The van der Waals surface area contributed by atoms with Crippen LogP contribution < -0.4 is 5.43 Å². The first-order valence-corrected chi connectivity index (χ1v) is 9.12. The second-order valence-electron chi connectivity index (χ2n) is 6.92. The van der Waals surface area contributed by atoms with Gasteiger partial charge in [0.05, 0.1) is 16.7 Å². The number of amides is 1. The molecule has 2 aromatic carbocycles. The van der Waals surface area contributed by atoms with Crippen LogP contribution in [0.15, 0.2) is 54.9 Å². The molecule has 0 saturated carbocycles. The molecule has 0 bridgehead atoms. The Bertz CT molecular complexity index is 1150. The highest BCUT2D eigenvalue weighted by molar-refractivity contribution is 6.00. The summed E-state index contributed by atoms with van der Waals surface area (Å²) in [5.41, 5.74) is 9.51. The monoisotopic (exact) mass is 357 g/mol. The van der Waals surface area contributed by atoms with E-state index in [9.17, 15) is 4.79 Å². The maximum atomic E-state index is 13.0. The Hall–Kier alpha value is -3.41. The summed E-state index contributed by atoms with van der Waals surface area (Å²) in [7, 11) is 0. The van der Waals surface area contributed by atoms with E-state index in [0.29, 0.717) is 5.69 Å². The summed E-state index contributed by atoms with van der Waals surface area (Å²) in [5.74, 6) is -0.206. The quantitative estimate of drug-likeness (QED) is 0.611. The van der Waals surface area contributed by atoms with Gasteiger partial charge in [-0.1, -0.05) is 29.8 Å². The zero-order chi connectivity index (χ0) is 18.4. The lowest BCUT2D eigenvalue weighted by molar-refractivity contribution is 0.100. The Kier molecular flexibility index (Phi) is 3.57. The molecular formula is C21H19N5O. The van der Waals surface area contributed by atoms with Crippen LogP contribution in [-0.4, -0.2) is 25.3 Å². The highest BCUT2D eigenvalue weighted by Gasteiger charge is 2.27. The SMILES string of the molecule is Cc1ccc(-n2nc(C(=O)Nn3cnc4ccccc43)c3c2CCC3)cc1. The topological polar surface area (TPSA) is 64.7 Å². The van der Waals surface area contributed by atoms with E-state index in [2.05, 4.69) is 34.6 Å². The molecule has 5 rings (SSSR count). The molecule has 6 heteroatoms. The number of imidazole rings is 1. The number of aromatic nitrogens is 4. The molecule has 0 aliphatic heterocycles. The molecule has 0 radical (unpaired) electrons. The zero-order valence-corrected chi connectivity index (χ0v) is 15.0. The van der Waals surface area contributed by atoms with E-state index >= 15 is 0 Å². The summed E-state index contributed by atoms with van der Waals surface area (Å²) < 4.78 is 3.58. The molecule has 0 spiro atoms.